The number of nitrogens with one attached hydrogen (secondary N) is 1. The molecule has 0 bridgehead atoms. The van der Waals surface area contributed by atoms with Crippen molar-refractivity contribution < 1.29 is 9.53 Å². The summed E-state index contributed by atoms with van der Waals surface area (Å²) in [6.07, 6.45) is 4.11. The zero-order chi connectivity index (χ0) is 13.2. The summed E-state index contributed by atoms with van der Waals surface area (Å²) < 4.78 is 6.65. The molecule has 1 aliphatic heterocycles. The molecule has 19 heavy (non-hydrogen) atoms. The second-order valence-electron chi connectivity index (χ2n) is 4.74. The van der Waals surface area contributed by atoms with Gasteiger partial charge >= 0.3 is 5.97 Å². The molecule has 1 aliphatic rings. The van der Waals surface area contributed by atoms with E-state index in [1.165, 1.54) is 7.11 Å². The Kier molecular flexibility index (Phi) is 3.16. The van der Waals surface area contributed by atoms with Gasteiger partial charge < -0.3 is 10.1 Å². The number of fused-ring (bicyclic) bond motifs is 1. The Balaban J connectivity index is 1.97. The van der Waals surface area contributed by atoms with Crippen LogP contribution in [0.5, 0.6) is 0 Å². The van der Waals surface area contributed by atoms with Crippen molar-refractivity contribution in [2.75, 3.05) is 20.2 Å². The van der Waals surface area contributed by atoms with Crippen LogP contribution in [0.1, 0.15) is 34.9 Å². The lowest BCUT2D eigenvalue weighted by atomic mass is 9.99. The predicted molar refractivity (Wildman–Crippen MR) is 69.2 cm³/mol. The number of aromatic nitrogens is 3. The number of ether oxygens (including phenoxy) is 1. The molecule has 2 aromatic heterocycles. The molecule has 3 heterocycles. The van der Waals surface area contributed by atoms with Gasteiger partial charge in [-0.25, -0.2) is 4.79 Å². The van der Waals surface area contributed by atoms with Crippen LogP contribution in [0.15, 0.2) is 18.3 Å². The first-order valence-corrected chi connectivity index (χ1v) is 6.43. The van der Waals surface area contributed by atoms with E-state index < -0.39 is 0 Å². The number of hydrogen-bond donors (Lipinski definition) is 1. The minimum Gasteiger partial charge on any atom is -0.465 e. The Morgan fingerprint density at radius 2 is 2.42 bits per heavy atom. The number of rotatable bonds is 2. The van der Waals surface area contributed by atoms with Gasteiger partial charge in [0.05, 0.1) is 12.7 Å². The Bertz CT molecular complexity index is 602. The summed E-state index contributed by atoms with van der Waals surface area (Å²) in [5, 5.41) is 11.8. The molecule has 1 N–H and O–H groups in total. The lowest BCUT2D eigenvalue weighted by Gasteiger charge is -2.21. The maximum Gasteiger partial charge on any atom is 0.338 e. The van der Waals surface area contributed by atoms with Crippen LogP contribution >= 0.6 is 0 Å². The van der Waals surface area contributed by atoms with Crippen molar-refractivity contribution >= 4 is 11.6 Å². The van der Waals surface area contributed by atoms with Crippen molar-refractivity contribution in [3.63, 3.8) is 0 Å². The third-order valence-electron chi connectivity index (χ3n) is 3.52. The second kappa shape index (κ2) is 4.97. The van der Waals surface area contributed by atoms with E-state index >= 15 is 0 Å². The molecule has 1 fully saturated rings. The fourth-order valence-electron chi connectivity index (χ4n) is 2.50. The molecule has 0 aromatic carbocycles. The lowest BCUT2D eigenvalue weighted by molar-refractivity contribution is 0.0600. The van der Waals surface area contributed by atoms with E-state index in [2.05, 4.69) is 15.5 Å². The van der Waals surface area contributed by atoms with Gasteiger partial charge in [0.1, 0.15) is 5.82 Å². The number of carbonyl (C=O) groups excluding carboxylic acids is 1. The summed E-state index contributed by atoms with van der Waals surface area (Å²) in [5.74, 6) is 0.984. The van der Waals surface area contributed by atoms with Crippen LogP contribution < -0.4 is 5.32 Å². The van der Waals surface area contributed by atoms with Gasteiger partial charge in [-0.3, -0.25) is 4.40 Å². The Labute approximate surface area is 110 Å². The van der Waals surface area contributed by atoms with Crippen molar-refractivity contribution in [2.24, 2.45) is 0 Å². The minimum atomic E-state index is -0.355. The van der Waals surface area contributed by atoms with Gasteiger partial charge in [0, 0.05) is 18.7 Å². The molecule has 2 aromatic rings. The van der Waals surface area contributed by atoms with Gasteiger partial charge in [-0.2, -0.15) is 0 Å². The van der Waals surface area contributed by atoms with E-state index in [9.17, 15) is 4.79 Å². The lowest BCUT2D eigenvalue weighted by Crippen LogP contribution is -2.29. The Morgan fingerprint density at radius 1 is 1.53 bits per heavy atom. The monoisotopic (exact) mass is 260 g/mol. The third kappa shape index (κ3) is 2.19. The highest BCUT2D eigenvalue weighted by Crippen LogP contribution is 2.22. The molecule has 0 aliphatic carbocycles. The topological polar surface area (TPSA) is 68.5 Å². The molecule has 3 rings (SSSR count). The molecule has 0 amide bonds. The van der Waals surface area contributed by atoms with Crippen LogP contribution in [0.25, 0.3) is 5.65 Å². The number of piperidine rings is 1. The highest BCUT2D eigenvalue weighted by Gasteiger charge is 2.21. The SMILES string of the molecule is COC(=O)c1ccn2c(C3CCCNC3)nnc2c1. The molecule has 6 nitrogen and oxygen atoms in total. The van der Waals surface area contributed by atoms with Crippen LogP contribution in [0.2, 0.25) is 0 Å². The van der Waals surface area contributed by atoms with Crippen molar-refractivity contribution in [1.29, 1.82) is 0 Å². The molecule has 0 spiro atoms. The summed E-state index contributed by atoms with van der Waals surface area (Å²) in [6, 6.07) is 3.44. The second-order valence-corrected chi connectivity index (χ2v) is 4.74. The van der Waals surface area contributed by atoms with E-state index in [-0.39, 0.29) is 5.97 Å². The molecule has 1 unspecified atom stereocenters. The van der Waals surface area contributed by atoms with Crippen LogP contribution in [0.4, 0.5) is 0 Å². The first-order chi connectivity index (χ1) is 9.29. The normalized spacial score (nSPS) is 19.5. The van der Waals surface area contributed by atoms with Crippen molar-refractivity contribution in [3.05, 3.63) is 29.7 Å². The number of hydrogen-bond acceptors (Lipinski definition) is 5. The van der Waals surface area contributed by atoms with Crippen molar-refractivity contribution in [3.8, 4) is 0 Å². The van der Waals surface area contributed by atoms with Crippen molar-refractivity contribution in [1.82, 2.24) is 19.9 Å². The van der Waals surface area contributed by atoms with Gasteiger partial charge in [0.2, 0.25) is 0 Å². The highest BCUT2D eigenvalue weighted by molar-refractivity contribution is 5.90. The van der Waals surface area contributed by atoms with Crippen molar-refractivity contribution in [2.45, 2.75) is 18.8 Å². The summed E-state index contributed by atoms with van der Waals surface area (Å²) in [4.78, 5) is 11.5. The zero-order valence-corrected chi connectivity index (χ0v) is 10.8. The molecule has 0 saturated carbocycles. The molecule has 6 heteroatoms. The molecule has 0 radical (unpaired) electrons. The molecular formula is C13H16N4O2. The van der Waals surface area contributed by atoms with E-state index in [0.717, 1.165) is 31.8 Å². The fraction of sp³-hybridized carbons (Fsp3) is 0.462. The average molecular weight is 260 g/mol. The number of carbonyl (C=O) groups is 1. The predicted octanol–water partition coefficient (Wildman–Crippen LogP) is 0.983. The van der Waals surface area contributed by atoms with E-state index in [4.69, 9.17) is 4.74 Å². The average Bonchev–Trinajstić information content (AvgIpc) is 2.90. The van der Waals surface area contributed by atoms with Gasteiger partial charge in [0.25, 0.3) is 0 Å². The summed E-state index contributed by atoms with van der Waals surface area (Å²) in [7, 11) is 1.37. The number of methoxy groups -OCH3 is 1. The van der Waals surface area contributed by atoms with E-state index in [1.807, 2.05) is 10.6 Å². The number of pyridine rings is 1. The van der Waals surface area contributed by atoms with Gasteiger partial charge in [-0.15, -0.1) is 10.2 Å². The quantitative estimate of drug-likeness (QED) is 0.815. The van der Waals surface area contributed by atoms with E-state index in [1.54, 1.807) is 12.1 Å². The summed E-state index contributed by atoms with van der Waals surface area (Å²) in [6.45, 7) is 2.00. The highest BCUT2D eigenvalue weighted by atomic mass is 16.5. The molecule has 1 atom stereocenters. The smallest absolute Gasteiger partial charge is 0.338 e. The number of nitrogens with zero attached hydrogens (tertiary/aromatic N) is 3. The summed E-state index contributed by atoms with van der Waals surface area (Å²) >= 11 is 0. The first-order valence-electron chi connectivity index (χ1n) is 6.43. The maximum atomic E-state index is 11.5. The van der Waals surface area contributed by atoms with Crippen LogP contribution in [0.3, 0.4) is 0 Å². The fourth-order valence-corrected chi connectivity index (χ4v) is 2.50. The maximum absolute atomic E-state index is 11.5. The van der Waals surface area contributed by atoms with Crippen LogP contribution in [0, 0.1) is 0 Å². The van der Waals surface area contributed by atoms with Gasteiger partial charge in [0.15, 0.2) is 5.65 Å². The Hall–Kier alpha value is -1.95. The van der Waals surface area contributed by atoms with Gasteiger partial charge in [-0.1, -0.05) is 0 Å². The number of esters is 1. The van der Waals surface area contributed by atoms with Crippen LogP contribution in [-0.2, 0) is 4.74 Å². The summed E-state index contributed by atoms with van der Waals surface area (Å²) in [5.41, 5.74) is 1.18. The standard InChI is InChI=1S/C13H16N4O2/c1-19-13(18)9-4-6-17-11(7-9)15-16-12(17)10-3-2-5-14-8-10/h4,6-7,10,14H,2-3,5,8H2,1H3. The first kappa shape index (κ1) is 12.1. The van der Waals surface area contributed by atoms with E-state index in [0.29, 0.717) is 17.1 Å². The van der Waals surface area contributed by atoms with Crippen LogP contribution in [-0.4, -0.2) is 40.8 Å². The minimum absolute atomic E-state index is 0.355. The molecule has 1 saturated heterocycles. The molecular weight excluding hydrogens is 244 g/mol. The third-order valence-corrected chi connectivity index (χ3v) is 3.52. The zero-order valence-electron chi connectivity index (χ0n) is 10.8. The van der Waals surface area contributed by atoms with Gasteiger partial charge in [-0.05, 0) is 31.5 Å². The Morgan fingerprint density at radius 3 is 3.16 bits per heavy atom. The molecule has 100 valence electrons. The largest absolute Gasteiger partial charge is 0.465 e.